The van der Waals surface area contributed by atoms with Crippen LogP contribution in [0.15, 0.2) is 76.7 Å². The van der Waals surface area contributed by atoms with Crippen molar-refractivity contribution in [3.8, 4) is 17.2 Å². The lowest BCUT2D eigenvalue weighted by atomic mass is 10.1. The van der Waals surface area contributed by atoms with Crippen LogP contribution in [0.3, 0.4) is 0 Å². The van der Waals surface area contributed by atoms with Crippen LogP contribution in [0.1, 0.15) is 20.3 Å². The number of carbonyl (C=O) groups excluding carboxylic acids is 1. The monoisotopic (exact) mass is 604 g/mol. The van der Waals surface area contributed by atoms with Gasteiger partial charge in [0.1, 0.15) is 13.2 Å². The molecule has 0 saturated carbocycles. The normalized spacial score (nSPS) is 15.7. The predicted octanol–water partition coefficient (Wildman–Crippen LogP) is 5.67. The number of hydrogen-bond donors (Lipinski definition) is 0. The second kappa shape index (κ2) is 12.3. The van der Waals surface area contributed by atoms with Crippen molar-refractivity contribution in [1.82, 2.24) is 14.5 Å². The zero-order valence-electron chi connectivity index (χ0n) is 23.7. The Bertz CT molecular complexity index is 1670. The third-order valence-corrected chi connectivity index (χ3v) is 8.90. The number of hydrogen-bond acceptors (Lipinski definition) is 7. The lowest BCUT2D eigenvalue weighted by Gasteiger charge is -2.38. The van der Waals surface area contributed by atoms with Crippen molar-refractivity contribution < 1.29 is 14.3 Å². The molecule has 42 heavy (non-hydrogen) atoms. The average molecular weight is 605 g/mol. The van der Waals surface area contributed by atoms with Crippen LogP contribution in [0.2, 0.25) is 5.02 Å². The molecule has 218 valence electrons. The summed E-state index contributed by atoms with van der Waals surface area (Å²) in [7, 11) is 0. The number of carbonyl (C=O) groups is 1. The predicted molar refractivity (Wildman–Crippen MR) is 168 cm³/mol. The number of aromatic nitrogens is 2. The van der Waals surface area contributed by atoms with Crippen LogP contribution in [0.25, 0.3) is 16.6 Å². The highest BCUT2D eigenvalue weighted by atomic mass is 35.5. The maximum atomic E-state index is 14.1. The highest BCUT2D eigenvalue weighted by Gasteiger charge is 2.32. The van der Waals surface area contributed by atoms with Gasteiger partial charge in [-0.25, -0.2) is 4.98 Å². The van der Waals surface area contributed by atoms with E-state index < -0.39 is 5.25 Å². The van der Waals surface area contributed by atoms with E-state index in [9.17, 15) is 9.59 Å². The van der Waals surface area contributed by atoms with E-state index in [4.69, 9.17) is 26.1 Å². The zero-order valence-corrected chi connectivity index (χ0v) is 25.2. The number of ether oxygens (including phenoxy) is 2. The summed E-state index contributed by atoms with van der Waals surface area (Å²) in [6, 6.07) is 20.4. The second-order valence-electron chi connectivity index (χ2n) is 10.9. The molecular formula is C32H33ClN4O4S. The fourth-order valence-corrected chi connectivity index (χ4v) is 7.08. The first-order chi connectivity index (χ1) is 20.4. The Hall–Kier alpha value is -3.69. The number of halogens is 1. The highest BCUT2D eigenvalue weighted by molar-refractivity contribution is 8.00. The van der Waals surface area contributed by atoms with Crippen LogP contribution in [-0.4, -0.2) is 65.0 Å². The van der Waals surface area contributed by atoms with Gasteiger partial charge < -0.3 is 19.3 Å². The van der Waals surface area contributed by atoms with E-state index in [1.54, 1.807) is 22.8 Å². The van der Waals surface area contributed by atoms with Crippen LogP contribution in [-0.2, 0) is 4.79 Å². The van der Waals surface area contributed by atoms with Crippen LogP contribution in [0.4, 0.5) is 5.69 Å². The topological polar surface area (TPSA) is 76.9 Å². The van der Waals surface area contributed by atoms with Gasteiger partial charge in [-0.1, -0.05) is 61.5 Å². The van der Waals surface area contributed by atoms with Crippen molar-refractivity contribution in [2.75, 3.05) is 44.3 Å². The summed E-state index contributed by atoms with van der Waals surface area (Å²) in [5.74, 6) is 1.87. The number of rotatable bonds is 7. The number of anilines is 1. The highest BCUT2D eigenvalue weighted by Crippen LogP contribution is 2.40. The molecule has 1 saturated heterocycles. The van der Waals surface area contributed by atoms with E-state index in [2.05, 4.69) is 18.7 Å². The van der Waals surface area contributed by atoms with Crippen LogP contribution in [0, 0.1) is 5.92 Å². The first kappa shape index (κ1) is 28.4. The molecule has 0 N–H and O–H groups in total. The minimum Gasteiger partial charge on any atom is -0.486 e. The van der Waals surface area contributed by atoms with Gasteiger partial charge in [-0.2, -0.15) is 0 Å². The summed E-state index contributed by atoms with van der Waals surface area (Å²) in [6.07, 6.45) is 0.652. The van der Waals surface area contributed by atoms with Gasteiger partial charge in [0.2, 0.25) is 5.91 Å². The fraction of sp³-hybridized carbons (Fsp3) is 0.344. The number of thioether (sulfide) groups is 1. The number of fused-ring (bicyclic) bond motifs is 2. The molecule has 1 unspecified atom stereocenters. The van der Waals surface area contributed by atoms with Gasteiger partial charge in [0, 0.05) is 31.2 Å². The Morgan fingerprint density at radius 1 is 0.976 bits per heavy atom. The molecule has 1 aromatic heterocycles. The van der Waals surface area contributed by atoms with E-state index in [1.807, 2.05) is 53.4 Å². The molecular weight excluding hydrogens is 572 g/mol. The molecule has 2 aliphatic heterocycles. The van der Waals surface area contributed by atoms with E-state index in [-0.39, 0.29) is 17.4 Å². The van der Waals surface area contributed by atoms with Gasteiger partial charge in [-0.05, 0) is 54.8 Å². The summed E-state index contributed by atoms with van der Waals surface area (Å²) in [4.78, 5) is 36.9. The Morgan fingerprint density at radius 3 is 2.52 bits per heavy atom. The largest absolute Gasteiger partial charge is 0.486 e. The molecule has 3 aromatic carbocycles. The quantitative estimate of drug-likeness (QED) is 0.199. The van der Waals surface area contributed by atoms with Crippen molar-refractivity contribution in [2.45, 2.75) is 30.7 Å². The maximum Gasteiger partial charge on any atom is 0.266 e. The van der Waals surface area contributed by atoms with Gasteiger partial charge in [-0.15, -0.1) is 0 Å². The molecule has 6 rings (SSSR count). The summed E-state index contributed by atoms with van der Waals surface area (Å²) >= 11 is 7.68. The van der Waals surface area contributed by atoms with Gasteiger partial charge >= 0.3 is 0 Å². The van der Waals surface area contributed by atoms with Crippen molar-refractivity contribution >= 4 is 45.9 Å². The third-order valence-electron chi connectivity index (χ3n) is 7.50. The number of nitrogens with zero attached hydrogens (tertiary/aromatic N) is 4. The molecule has 2 aliphatic rings. The lowest BCUT2D eigenvalue weighted by Crippen LogP contribution is -2.51. The smallest absolute Gasteiger partial charge is 0.266 e. The van der Waals surface area contributed by atoms with Gasteiger partial charge in [0.05, 0.1) is 27.5 Å². The standard InChI is InChI=1S/C32H33ClN4O4S/c1-21(2)19-28(31(39)36-15-13-35(14-16-36)26-11-6-12-27-29(26)41-18-17-40-27)42-32-34-25-10-4-3-9-24(25)30(38)37(32)23-8-5-7-22(33)20-23/h3-12,20-21,28H,13-19H2,1-2H3. The Morgan fingerprint density at radius 2 is 1.74 bits per heavy atom. The minimum absolute atomic E-state index is 0.0584. The Balaban J connectivity index is 1.27. The third kappa shape index (κ3) is 5.80. The summed E-state index contributed by atoms with van der Waals surface area (Å²) in [6.45, 7) is 7.84. The molecule has 3 heterocycles. The van der Waals surface area contributed by atoms with Gasteiger partial charge in [-0.3, -0.25) is 14.2 Å². The molecule has 1 amide bonds. The van der Waals surface area contributed by atoms with Crippen LogP contribution < -0.4 is 19.9 Å². The molecule has 0 radical (unpaired) electrons. The lowest BCUT2D eigenvalue weighted by molar-refractivity contribution is -0.131. The molecule has 10 heteroatoms. The van der Waals surface area contributed by atoms with E-state index in [0.29, 0.717) is 72.6 Å². The van der Waals surface area contributed by atoms with Gasteiger partial charge in [0.25, 0.3) is 5.56 Å². The number of amides is 1. The van der Waals surface area contributed by atoms with E-state index in [1.165, 1.54) is 11.8 Å². The Labute approximate surface area is 254 Å². The van der Waals surface area contributed by atoms with Crippen LogP contribution >= 0.6 is 23.4 Å². The molecule has 1 atom stereocenters. The molecule has 4 aromatic rings. The zero-order chi connectivity index (χ0) is 29.2. The van der Waals surface area contributed by atoms with Crippen molar-refractivity contribution in [3.63, 3.8) is 0 Å². The van der Waals surface area contributed by atoms with Crippen molar-refractivity contribution in [2.24, 2.45) is 5.92 Å². The van der Waals surface area contributed by atoms with Crippen molar-refractivity contribution in [3.05, 3.63) is 82.1 Å². The molecule has 0 bridgehead atoms. The molecule has 0 aliphatic carbocycles. The molecule has 1 fully saturated rings. The first-order valence-corrected chi connectivity index (χ1v) is 15.5. The Kier molecular flexibility index (Phi) is 8.31. The molecule has 0 spiro atoms. The van der Waals surface area contributed by atoms with Crippen LogP contribution in [0.5, 0.6) is 11.5 Å². The second-order valence-corrected chi connectivity index (χ2v) is 12.5. The SMILES string of the molecule is CC(C)CC(Sc1nc2ccccc2c(=O)n1-c1cccc(Cl)c1)C(=O)N1CCN(c2cccc3c2OCCO3)CC1. The number of piperazine rings is 1. The van der Waals surface area contributed by atoms with Crippen molar-refractivity contribution in [1.29, 1.82) is 0 Å². The van der Waals surface area contributed by atoms with Gasteiger partial charge in [0.15, 0.2) is 16.7 Å². The molecule has 8 nitrogen and oxygen atoms in total. The number of para-hydroxylation sites is 2. The first-order valence-electron chi connectivity index (χ1n) is 14.3. The van der Waals surface area contributed by atoms with E-state index in [0.717, 1.165) is 17.2 Å². The number of benzene rings is 3. The fourth-order valence-electron chi connectivity index (χ4n) is 5.47. The van der Waals surface area contributed by atoms with E-state index >= 15 is 0 Å². The minimum atomic E-state index is -0.406. The summed E-state index contributed by atoms with van der Waals surface area (Å²) < 4.78 is 13.3. The summed E-state index contributed by atoms with van der Waals surface area (Å²) in [5, 5.41) is 1.11. The summed E-state index contributed by atoms with van der Waals surface area (Å²) in [5.41, 5.74) is 2.03. The average Bonchev–Trinajstić information content (AvgIpc) is 3.00. The maximum absolute atomic E-state index is 14.1.